The van der Waals surface area contributed by atoms with Gasteiger partial charge in [-0.05, 0) is 42.7 Å². The highest BCUT2D eigenvalue weighted by molar-refractivity contribution is 6.30. The Morgan fingerprint density at radius 1 is 1.23 bits per heavy atom. The Morgan fingerprint density at radius 3 is 2.58 bits per heavy atom. The standard InChI is InChI=1S/C20H24ClNO4/c21-16-5-3-15(4-6-16)18(12-17-2-1-9-26-17)19(24)22-13-20(14-23)7-10-25-11-8-20/h1-6,9,18,23H,7-8,10-14H2,(H,22,24). The monoisotopic (exact) mass is 377 g/mol. The summed E-state index contributed by atoms with van der Waals surface area (Å²) in [6.07, 6.45) is 3.56. The molecule has 0 radical (unpaired) electrons. The number of hydrogen-bond acceptors (Lipinski definition) is 4. The normalized spacial score (nSPS) is 17.6. The fraction of sp³-hybridized carbons (Fsp3) is 0.450. The molecular formula is C20H24ClNO4. The molecule has 1 atom stereocenters. The number of nitrogens with one attached hydrogen (secondary N) is 1. The number of hydrogen-bond donors (Lipinski definition) is 2. The summed E-state index contributed by atoms with van der Waals surface area (Å²) < 4.78 is 10.8. The summed E-state index contributed by atoms with van der Waals surface area (Å²) in [4.78, 5) is 13.0. The molecule has 6 heteroatoms. The zero-order chi connectivity index (χ0) is 18.4. The van der Waals surface area contributed by atoms with Gasteiger partial charge in [0.15, 0.2) is 0 Å². The number of benzene rings is 1. The average molecular weight is 378 g/mol. The lowest BCUT2D eigenvalue weighted by molar-refractivity contribution is -0.124. The molecule has 2 aromatic rings. The van der Waals surface area contributed by atoms with Gasteiger partial charge in [0.2, 0.25) is 5.91 Å². The number of aliphatic hydroxyl groups excluding tert-OH is 1. The quantitative estimate of drug-likeness (QED) is 0.777. The average Bonchev–Trinajstić information content (AvgIpc) is 3.19. The summed E-state index contributed by atoms with van der Waals surface area (Å²) in [5, 5.41) is 13.5. The first-order chi connectivity index (χ1) is 12.6. The third-order valence-electron chi connectivity index (χ3n) is 5.10. The lowest BCUT2D eigenvalue weighted by Crippen LogP contribution is -2.45. The van der Waals surface area contributed by atoms with Crippen LogP contribution in [0.5, 0.6) is 0 Å². The van der Waals surface area contributed by atoms with Crippen LogP contribution in [0.4, 0.5) is 0 Å². The lowest BCUT2D eigenvalue weighted by atomic mass is 9.80. The molecule has 1 aromatic carbocycles. The van der Waals surface area contributed by atoms with Crippen LogP contribution in [-0.2, 0) is 16.0 Å². The number of carbonyl (C=O) groups excluding carboxylic acids is 1. The topological polar surface area (TPSA) is 71.7 Å². The van der Waals surface area contributed by atoms with Crippen molar-refractivity contribution in [2.75, 3.05) is 26.4 Å². The molecule has 0 spiro atoms. The second-order valence-corrected chi connectivity index (χ2v) is 7.31. The van der Waals surface area contributed by atoms with Gasteiger partial charge in [0.05, 0.1) is 18.8 Å². The zero-order valence-corrected chi connectivity index (χ0v) is 15.4. The fourth-order valence-electron chi connectivity index (χ4n) is 3.28. The van der Waals surface area contributed by atoms with Crippen molar-refractivity contribution < 1.29 is 19.1 Å². The number of rotatable bonds is 7. The van der Waals surface area contributed by atoms with Crippen LogP contribution >= 0.6 is 11.6 Å². The highest BCUT2D eigenvalue weighted by Gasteiger charge is 2.33. The van der Waals surface area contributed by atoms with Gasteiger partial charge >= 0.3 is 0 Å². The SMILES string of the molecule is O=C(NCC1(CO)CCOCC1)C(Cc1ccco1)c1ccc(Cl)cc1. The number of amides is 1. The van der Waals surface area contributed by atoms with E-state index in [1.807, 2.05) is 24.3 Å². The molecule has 0 bridgehead atoms. The molecule has 1 fully saturated rings. The lowest BCUT2D eigenvalue weighted by Gasteiger charge is -2.36. The van der Waals surface area contributed by atoms with E-state index >= 15 is 0 Å². The maximum Gasteiger partial charge on any atom is 0.228 e. The van der Waals surface area contributed by atoms with Gasteiger partial charge in [-0.3, -0.25) is 4.79 Å². The molecule has 0 saturated carbocycles. The molecule has 1 amide bonds. The minimum absolute atomic E-state index is 0.0421. The second kappa shape index (κ2) is 8.71. The molecule has 1 saturated heterocycles. The van der Waals surface area contributed by atoms with E-state index in [9.17, 15) is 9.90 Å². The van der Waals surface area contributed by atoms with Crippen molar-refractivity contribution in [1.82, 2.24) is 5.32 Å². The van der Waals surface area contributed by atoms with Gasteiger partial charge in [-0.15, -0.1) is 0 Å². The third-order valence-corrected chi connectivity index (χ3v) is 5.35. The van der Waals surface area contributed by atoms with Crippen molar-refractivity contribution in [2.45, 2.75) is 25.2 Å². The molecule has 3 rings (SSSR count). The molecule has 1 aliphatic rings. The highest BCUT2D eigenvalue weighted by atomic mass is 35.5. The van der Waals surface area contributed by atoms with E-state index in [0.29, 0.717) is 31.2 Å². The number of halogens is 1. The Kier molecular flexibility index (Phi) is 6.35. The van der Waals surface area contributed by atoms with Gasteiger partial charge < -0.3 is 19.6 Å². The van der Waals surface area contributed by atoms with Crippen LogP contribution in [0.3, 0.4) is 0 Å². The number of furan rings is 1. The van der Waals surface area contributed by atoms with Crippen molar-refractivity contribution in [2.24, 2.45) is 5.41 Å². The summed E-state index contributed by atoms with van der Waals surface area (Å²) in [5.74, 6) is 0.292. The van der Waals surface area contributed by atoms with Gasteiger partial charge in [-0.2, -0.15) is 0 Å². The first-order valence-electron chi connectivity index (χ1n) is 8.86. The largest absolute Gasteiger partial charge is 0.469 e. The summed E-state index contributed by atoms with van der Waals surface area (Å²) in [5.41, 5.74) is 0.580. The van der Waals surface area contributed by atoms with Gasteiger partial charge in [0, 0.05) is 36.6 Å². The molecule has 1 aromatic heterocycles. The first kappa shape index (κ1) is 19.0. The van der Waals surface area contributed by atoms with Crippen molar-refractivity contribution in [3.63, 3.8) is 0 Å². The van der Waals surface area contributed by atoms with Crippen LogP contribution < -0.4 is 5.32 Å². The molecule has 2 N–H and O–H groups in total. The molecule has 140 valence electrons. The van der Waals surface area contributed by atoms with Crippen molar-refractivity contribution in [3.8, 4) is 0 Å². The van der Waals surface area contributed by atoms with Crippen LogP contribution in [0.2, 0.25) is 5.02 Å². The predicted octanol–water partition coefficient (Wildman–Crippen LogP) is 3.16. The van der Waals surface area contributed by atoms with Gasteiger partial charge in [0.25, 0.3) is 0 Å². The number of ether oxygens (including phenoxy) is 1. The second-order valence-electron chi connectivity index (χ2n) is 6.88. The molecule has 1 aliphatic heterocycles. The summed E-state index contributed by atoms with van der Waals surface area (Å²) in [6.45, 7) is 1.71. The number of aliphatic hydroxyl groups is 1. The van der Waals surface area contributed by atoms with Gasteiger partial charge in [0.1, 0.15) is 5.76 Å². The van der Waals surface area contributed by atoms with E-state index in [2.05, 4.69) is 5.32 Å². The predicted molar refractivity (Wildman–Crippen MR) is 99.2 cm³/mol. The Morgan fingerprint density at radius 2 is 1.96 bits per heavy atom. The Labute approximate surface area is 158 Å². The molecule has 0 aliphatic carbocycles. The van der Waals surface area contributed by atoms with E-state index in [1.54, 1.807) is 18.4 Å². The Hall–Kier alpha value is -1.82. The van der Waals surface area contributed by atoms with Gasteiger partial charge in [-0.25, -0.2) is 0 Å². The fourth-order valence-corrected chi connectivity index (χ4v) is 3.41. The maximum absolute atomic E-state index is 13.0. The highest BCUT2D eigenvalue weighted by Crippen LogP contribution is 2.30. The Balaban J connectivity index is 1.72. The van der Waals surface area contributed by atoms with Crippen molar-refractivity contribution in [3.05, 3.63) is 59.0 Å². The molecule has 2 heterocycles. The van der Waals surface area contributed by atoms with E-state index in [1.165, 1.54) is 0 Å². The third kappa shape index (κ3) is 4.67. The molecule has 26 heavy (non-hydrogen) atoms. The van der Waals surface area contributed by atoms with Crippen LogP contribution in [0.15, 0.2) is 47.1 Å². The first-order valence-corrected chi connectivity index (χ1v) is 9.24. The molecule has 5 nitrogen and oxygen atoms in total. The summed E-state index contributed by atoms with van der Waals surface area (Å²) in [7, 11) is 0. The molecule has 1 unspecified atom stereocenters. The Bertz CT molecular complexity index is 693. The van der Waals surface area contributed by atoms with E-state index in [4.69, 9.17) is 20.8 Å². The summed E-state index contributed by atoms with van der Waals surface area (Å²) in [6, 6.07) is 11.0. The zero-order valence-electron chi connectivity index (χ0n) is 14.6. The van der Waals surface area contributed by atoms with E-state index in [0.717, 1.165) is 24.2 Å². The van der Waals surface area contributed by atoms with E-state index < -0.39 is 0 Å². The number of carbonyl (C=O) groups is 1. The van der Waals surface area contributed by atoms with Crippen LogP contribution in [0.1, 0.15) is 30.1 Å². The smallest absolute Gasteiger partial charge is 0.228 e. The maximum atomic E-state index is 13.0. The minimum atomic E-state index is -0.381. The molecular weight excluding hydrogens is 354 g/mol. The van der Waals surface area contributed by atoms with Crippen molar-refractivity contribution >= 4 is 17.5 Å². The minimum Gasteiger partial charge on any atom is -0.469 e. The summed E-state index contributed by atoms with van der Waals surface area (Å²) >= 11 is 5.98. The van der Waals surface area contributed by atoms with E-state index in [-0.39, 0.29) is 23.8 Å². The van der Waals surface area contributed by atoms with Crippen LogP contribution in [-0.4, -0.2) is 37.4 Å². The van der Waals surface area contributed by atoms with Crippen LogP contribution in [0.25, 0.3) is 0 Å². The van der Waals surface area contributed by atoms with Crippen LogP contribution in [0, 0.1) is 5.41 Å². The van der Waals surface area contributed by atoms with Crippen molar-refractivity contribution in [1.29, 1.82) is 0 Å². The van der Waals surface area contributed by atoms with Gasteiger partial charge in [-0.1, -0.05) is 23.7 Å².